The summed E-state index contributed by atoms with van der Waals surface area (Å²) in [6, 6.07) is 9.08. The number of thiazole rings is 1. The van der Waals surface area contributed by atoms with Crippen LogP contribution in [0.2, 0.25) is 0 Å². The fourth-order valence-electron chi connectivity index (χ4n) is 2.91. The summed E-state index contributed by atoms with van der Waals surface area (Å²) >= 11 is 1.29. The summed E-state index contributed by atoms with van der Waals surface area (Å²) in [4.78, 5) is 24.1. The monoisotopic (exact) mass is 385 g/mol. The molecule has 4 rings (SSSR count). The predicted molar refractivity (Wildman–Crippen MR) is 99.3 cm³/mol. The summed E-state index contributed by atoms with van der Waals surface area (Å²) in [6.07, 6.45) is 3.46. The number of hydrogen-bond acceptors (Lipinski definition) is 4. The average molecular weight is 385 g/mol. The first-order chi connectivity index (χ1) is 13.0. The number of halogens is 2. The summed E-state index contributed by atoms with van der Waals surface area (Å²) in [7, 11) is 0. The van der Waals surface area contributed by atoms with E-state index in [9.17, 15) is 13.6 Å². The minimum Gasteiger partial charge on any atom is -0.330 e. The molecule has 1 amide bonds. The van der Waals surface area contributed by atoms with Gasteiger partial charge in [-0.1, -0.05) is 12.1 Å². The van der Waals surface area contributed by atoms with Crippen LogP contribution in [0.25, 0.3) is 10.7 Å². The summed E-state index contributed by atoms with van der Waals surface area (Å²) in [5.74, 6) is -1.43. The van der Waals surface area contributed by atoms with Gasteiger partial charge in [-0.05, 0) is 38.0 Å². The number of aromatic nitrogens is 2. The third-order valence-corrected chi connectivity index (χ3v) is 5.65. The van der Waals surface area contributed by atoms with Gasteiger partial charge in [-0.3, -0.25) is 9.78 Å². The summed E-state index contributed by atoms with van der Waals surface area (Å²) < 4.78 is 27.2. The second-order valence-electron chi connectivity index (χ2n) is 6.55. The fraction of sp³-hybridized carbons (Fsp3) is 0.250. The summed E-state index contributed by atoms with van der Waals surface area (Å²) in [6.45, 7) is 1.91. The van der Waals surface area contributed by atoms with Crippen molar-refractivity contribution in [1.29, 1.82) is 0 Å². The van der Waals surface area contributed by atoms with Crippen LogP contribution in [0.15, 0.2) is 42.6 Å². The number of nitrogens with zero attached hydrogens (tertiary/aromatic N) is 3. The highest BCUT2D eigenvalue weighted by Gasteiger charge is 2.35. The number of carbonyl (C=O) groups excluding carboxylic acids is 1. The molecule has 2 heterocycles. The minimum atomic E-state index is -0.636. The highest BCUT2D eigenvalue weighted by atomic mass is 32.1. The highest BCUT2D eigenvalue weighted by molar-refractivity contribution is 7.17. The van der Waals surface area contributed by atoms with E-state index in [1.165, 1.54) is 23.5 Å². The van der Waals surface area contributed by atoms with Gasteiger partial charge in [0.25, 0.3) is 5.91 Å². The molecule has 4 nitrogen and oxygen atoms in total. The lowest BCUT2D eigenvalue weighted by atomic mass is 10.2. The molecule has 1 saturated carbocycles. The summed E-state index contributed by atoms with van der Waals surface area (Å²) in [5, 5.41) is 0.681. The lowest BCUT2D eigenvalue weighted by Crippen LogP contribution is -2.32. The van der Waals surface area contributed by atoms with Crippen molar-refractivity contribution in [2.75, 3.05) is 0 Å². The van der Waals surface area contributed by atoms with Gasteiger partial charge in [0.1, 0.15) is 21.5 Å². The molecule has 0 atom stereocenters. The van der Waals surface area contributed by atoms with Crippen molar-refractivity contribution in [2.24, 2.45) is 0 Å². The molecule has 0 spiro atoms. The molecular formula is C20H17F2N3OS. The SMILES string of the molecule is Cc1nc(-c2ccccn2)sc1C(=O)N(Cc1ccc(F)cc1F)C1CC1. The van der Waals surface area contributed by atoms with E-state index in [1.807, 2.05) is 18.2 Å². The first-order valence-corrected chi connectivity index (χ1v) is 9.48. The number of rotatable bonds is 5. The van der Waals surface area contributed by atoms with Crippen LogP contribution in [0.4, 0.5) is 8.78 Å². The number of hydrogen-bond donors (Lipinski definition) is 0. The molecule has 1 aliphatic carbocycles. The van der Waals surface area contributed by atoms with Crippen LogP contribution >= 0.6 is 11.3 Å². The van der Waals surface area contributed by atoms with Crippen LogP contribution in [-0.2, 0) is 6.54 Å². The topological polar surface area (TPSA) is 46.1 Å². The molecular weight excluding hydrogens is 368 g/mol. The average Bonchev–Trinajstić information content (AvgIpc) is 3.42. The Morgan fingerprint density at radius 3 is 2.74 bits per heavy atom. The van der Waals surface area contributed by atoms with Crippen molar-refractivity contribution in [2.45, 2.75) is 32.4 Å². The number of benzene rings is 1. The molecule has 0 N–H and O–H groups in total. The zero-order chi connectivity index (χ0) is 19.0. The Kier molecular flexibility index (Phi) is 4.70. The van der Waals surface area contributed by atoms with E-state index in [0.29, 0.717) is 26.8 Å². The van der Waals surface area contributed by atoms with Crippen molar-refractivity contribution in [3.63, 3.8) is 0 Å². The second kappa shape index (κ2) is 7.15. The third kappa shape index (κ3) is 3.73. The second-order valence-corrected chi connectivity index (χ2v) is 7.55. The van der Waals surface area contributed by atoms with E-state index in [2.05, 4.69) is 9.97 Å². The number of pyridine rings is 1. The van der Waals surface area contributed by atoms with Gasteiger partial charge in [0.2, 0.25) is 0 Å². The molecule has 1 aliphatic rings. The van der Waals surface area contributed by atoms with Crippen LogP contribution in [0, 0.1) is 18.6 Å². The molecule has 3 aromatic rings. The zero-order valence-electron chi connectivity index (χ0n) is 14.7. The molecule has 27 heavy (non-hydrogen) atoms. The van der Waals surface area contributed by atoms with Crippen LogP contribution in [-0.4, -0.2) is 26.8 Å². The molecule has 0 saturated heterocycles. The molecule has 2 aromatic heterocycles. The first kappa shape index (κ1) is 17.7. The fourth-order valence-corrected chi connectivity index (χ4v) is 3.91. The van der Waals surface area contributed by atoms with E-state index in [-0.39, 0.29) is 18.5 Å². The zero-order valence-corrected chi connectivity index (χ0v) is 15.5. The van der Waals surface area contributed by atoms with Gasteiger partial charge < -0.3 is 4.90 Å². The maximum Gasteiger partial charge on any atom is 0.266 e. The maximum absolute atomic E-state index is 14.1. The number of amides is 1. The predicted octanol–water partition coefficient (Wildman–Crippen LogP) is 4.60. The molecule has 0 aliphatic heterocycles. The lowest BCUT2D eigenvalue weighted by Gasteiger charge is -2.22. The molecule has 138 valence electrons. The molecule has 7 heteroatoms. The number of carbonyl (C=O) groups is 1. The van der Waals surface area contributed by atoms with Crippen molar-refractivity contribution in [1.82, 2.24) is 14.9 Å². The molecule has 1 aromatic carbocycles. The van der Waals surface area contributed by atoms with E-state index in [4.69, 9.17) is 0 Å². The van der Waals surface area contributed by atoms with Gasteiger partial charge in [-0.25, -0.2) is 13.8 Å². The van der Waals surface area contributed by atoms with Crippen LogP contribution in [0.3, 0.4) is 0 Å². The van der Waals surface area contributed by atoms with Gasteiger partial charge in [-0.15, -0.1) is 11.3 Å². The third-order valence-electron chi connectivity index (χ3n) is 4.48. The largest absolute Gasteiger partial charge is 0.330 e. The van der Waals surface area contributed by atoms with Gasteiger partial charge in [0, 0.05) is 30.4 Å². The van der Waals surface area contributed by atoms with Crippen molar-refractivity contribution >= 4 is 17.2 Å². The Morgan fingerprint density at radius 1 is 1.26 bits per heavy atom. The summed E-state index contributed by atoms with van der Waals surface area (Å²) in [5.41, 5.74) is 1.66. The molecule has 0 unspecified atom stereocenters. The van der Waals surface area contributed by atoms with E-state index in [1.54, 1.807) is 18.0 Å². The van der Waals surface area contributed by atoms with Gasteiger partial charge in [0.15, 0.2) is 0 Å². The Bertz CT molecular complexity index is 986. The van der Waals surface area contributed by atoms with Crippen molar-refractivity contribution < 1.29 is 13.6 Å². The molecule has 0 bridgehead atoms. The Balaban J connectivity index is 1.62. The normalized spacial score (nSPS) is 13.6. The van der Waals surface area contributed by atoms with Gasteiger partial charge in [0.05, 0.1) is 11.4 Å². The maximum atomic E-state index is 14.1. The molecule has 1 fully saturated rings. The first-order valence-electron chi connectivity index (χ1n) is 8.66. The smallest absolute Gasteiger partial charge is 0.266 e. The standard InChI is InChI=1S/C20H17F2N3OS/c1-12-18(27-19(24-12)17-4-2-3-9-23-17)20(26)25(15-7-8-15)11-13-5-6-14(21)10-16(13)22/h2-6,9-10,15H,7-8,11H2,1H3. The lowest BCUT2D eigenvalue weighted by molar-refractivity contribution is 0.0732. The van der Waals surface area contributed by atoms with Crippen LogP contribution in [0.1, 0.15) is 33.8 Å². The number of aryl methyl sites for hydroxylation is 1. The minimum absolute atomic E-state index is 0.0850. The van der Waals surface area contributed by atoms with E-state index in [0.717, 1.165) is 18.9 Å². The van der Waals surface area contributed by atoms with E-state index < -0.39 is 11.6 Å². The van der Waals surface area contributed by atoms with Crippen LogP contribution < -0.4 is 0 Å². The Hall–Kier alpha value is -2.67. The van der Waals surface area contributed by atoms with Crippen molar-refractivity contribution in [3.05, 3.63) is 70.4 Å². The van der Waals surface area contributed by atoms with Crippen molar-refractivity contribution in [3.8, 4) is 10.7 Å². The van der Waals surface area contributed by atoms with Gasteiger partial charge >= 0.3 is 0 Å². The highest BCUT2D eigenvalue weighted by Crippen LogP contribution is 2.33. The van der Waals surface area contributed by atoms with Gasteiger partial charge in [-0.2, -0.15) is 0 Å². The quantitative estimate of drug-likeness (QED) is 0.645. The Morgan fingerprint density at radius 2 is 2.07 bits per heavy atom. The van der Waals surface area contributed by atoms with E-state index >= 15 is 0 Å². The Labute approximate surface area is 159 Å². The van der Waals surface area contributed by atoms with Crippen LogP contribution in [0.5, 0.6) is 0 Å². The molecule has 0 radical (unpaired) electrons.